The van der Waals surface area contributed by atoms with E-state index in [2.05, 4.69) is 64.4 Å². The number of hydrogen-bond donors (Lipinski definition) is 0. The van der Waals surface area contributed by atoms with Crippen molar-refractivity contribution in [3.8, 4) is 0 Å². The molecule has 1 aromatic carbocycles. The monoisotopic (exact) mass is 447 g/mol. The average molecular weight is 449 g/mol. The largest absolute Gasteiger partial charge is 2.00 e. The Balaban J connectivity index is -0.00000102. The second-order valence-electron chi connectivity index (χ2n) is 6.89. The van der Waals surface area contributed by atoms with Crippen molar-refractivity contribution in [2.45, 2.75) is 65.7 Å². The third-order valence-electron chi connectivity index (χ3n) is 5.21. The molecule has 1 aliphatic carbocycles. The zero-order chi connectivity index (χ0) is 17.1. The molecule has 0 saturated heterocycles. The summed E-state index contributed by atoms with van der Waals surface area (Å²) in [6.45, 7) is 14.0. The van der Waals surface area contributed by atoms with Crippen molar-refractivity contribution < 1.29 is 36.5 Å². The first-order valence-corrected chi connectivity index (χ1v) is 9.67. The summed E-state index contributed by atoms with van der Waals surface area (Å²) in [4.78, 5) is 0. The van der Waals surface area contributed by atoms with Gasteiger partial charge in [0.2, 0.25) is 0 Å². The van der Waals surface area contributed by atoms with Crippen LogP contribution in [-0.2, 0) is 43.0 Å². The maximum Gasteiger partial charge on any atom is 2.00 e. The summed E-state index contributed by atoms with van der Waals surface area (Å²) in [6.07, 6.45) is 12.0. The molecule has 1 aromatic rings. The van der Waals surface area contributed by atoms with Crippen molar-refractivity contribution in [1.82, 2.24) is 0 Å². The molecule has 1 saturated carbocycles. The molecular formula is C24H40MnZn. The van der Waals surface area contributed by atoms with Gasteiger partial charge in [0.05, 0.1) is 0 Å². The molecular weight excluding hydrogens is 409 g/mol. The van der Waals surface area contributed by atoms with E-state index in [-0.39, 0.29) is 44.0 Å². The topological polar surface area (TPSA) is 0 Å². The van der Waals surface area contributed by atoms with Crippen molar-refractivity contribution in [3.05, 3.63) is 63.6 Å². The van der Waals surface area contributed by atoms with Gasteiger partial charge in [0.25, 0.3) is 0 Å². The second kappa shape index (κ2) is 18.7. The predicted molar refractivity (Wildman–Crippen MR) is 110 cm³/mol. The van der Waals surface area contributed by atoms with Crippen LogP contribution in [0.3, 0.4) is 0 Å². The number of benzene rings is 1. The summed E-state index contributed by atoms with van der Waals surface area (Å²) < 4.78 is 0. The number of hydrogen-bond acceptors (Lipinski definition) is 0. The molecule has 0 heterocycles. The van der Waals surface area contributed by atoms with Gasteiger partial charge in [0, 0.05) is 0 Å². The fourth-order valence-electron chi connectivity index (χ4n) is 3.99. The maximum atomic E-state index is 4.33. The first-order chi connectivity index (χ1) is 11.2. The minimum atomic E-state index is 0. The van der Waals surface area contributed by atoms with Gasteiger partial charge in [-0.3, -0.25) is 0 Å². The summed E-state index contributed by atoms with van der Waals surface area (Å²) in [6, 6.07) is 10.9. The van der Waals surface area contributed by atoms with E-state index >= 15 is 0 Å². The van der Waals surface area contributed by atoms with E-state index < -0.39 is 0 Å². The quantitative estimate of drug-likeness (QED) is 0.272. The zero-order valence-corrected chi connectivity index (χ0v) is 21.9. The van der Waals surface area contributed by atoms with Gasteiger partial charge in [0.1, 0.15) is 0 Å². The third-order valence-corrected chi connectivity index (χ3v) is 5.21. The molecule has 0 N–H and O–H groups in total. The molecule has 1 fully saturated rings. The maximum absolute atomic E-state index is 4.33. The van der Waals surface area contributed by atoms with Crippen molar-refractivity contribution in [2.75, 3.05) is 0 Å². The van der Waals surface area contributed by atoms with Crippen LogP contribution in [0.15, 0.2) is 30.3 Å². The van der Waals surface area contributed by atoms with Crippen LogP contribution < -0.4 is 0 Å². The van der Waals surface area contributed by atoms with E-state index in [9.17, 15) is 0 Å². The molecule has 3 atom stereocenters. The summed E-state index contributed by atoms with van der Waals surface area (Å²) in [5.41, 5.74) is 1.48. The third kappa shape index (κ3) is 10.6. The van der Waals surface area contributed by atoms with Gasteiger partial charge in [-0.1, -0.05) is 94.7 Å². The summed E-state index contributed by atoms with van der Waals surface area (Å²) in [5, 5.41) is 0. The van der Waals surface area contributed by atoms with Gasteiger partial charge in [-0.05, 0) is 5.92 Å². The van der Waals surface area contributed by atoms with Gasteiger partial charge < -0.3 is 33.6 Å². The van der Waals surface area contributed by atoms with E-state index in [1.54, 1.807) is 6.92 Å². The molecule has 2 rings (SSSR count). The number of rotatable bonds is 9. The second-order valence-corrected chi connectivity index (χ2v) is 6.89. The summed E-state index contributed by atoms with van der Waals surface area (Å²) in [5.74, 6) is 3.12. The van der Waals surface area contributed by atoms with Crippen LogP contribution in [-0.4, -0.2) is 0 Å². The fraction of sp³-hybridized carbons (Fsp3) is 0.583. The van der Waals surface area contributed by atoms with Crippen LogP contribution in [0.4, 0.5) is 0 Å². The Kier molecular flexibility index (Phi) is 22.4. The average Bonchev–Trinajstić information content (AvgIpc) is 2.57. The molecule has 1 aliphatic rings. The Morgan fingerprint density at radius 2 is 1.54 bits per heavy atom. The normalized spacial score (nSPS) is 20.5. The minimum Gasteiger partial charge on any atom is -0.369 e. The van der Waals surface area contributed by atoms with Crippen molar-refractivity contribution in [3.63, 3.8) is 0 Å². The van der Waals surface area contributed by atoms with Gasteiger partial charge in [-0.15, -0.1) is 5.92 Å². The standard InChI is InChI=1S/C21H32.C2H5.CH3.Mn.Zn/c1-4-9-18(10-5-2)13-14-21-17(3)15-20(21)16-19-11-7-6-8-12-19;1-2;;;/h6-8,11-12,15,17-18,20-21H,3-5,9-10,13-14,16H2,1-2H3;1H2,2H3;1H3;;/q-2;2*-1;2*+2. The SMILES string of the molecule is [CH2-]C.[CH2-]C1[CH-]C(Cc2ccccc2)C1CCC(CCC)CCC.[CH3-].[Mn+2].[Zn+2]. The minimum absolute atomic E-state index is 0. The smallest absolute Gasteiger partial charge is 0.369 e. The van der Waals surface area contributed by atoms with E-state index in [4.69, 9.17) is 0 Å². The Morgan fingerprint density at radius 3 is 2.00 bits per heavy atom. The van der Waals surface area contributed by atoms with Crippen LogP contribution in [0, 0.1) is 51.4 Å². The molecule has 3 unspecified atom stereocenters. The van der Waals surface area contributed by atoms with E-state index in [1.807, 2.05) is 0 Å². The Hall–Kier alpha value is 0.363. The molecule has 0 amide bonds. The molecule has 145 valence electrons. The van der Waals surface area contributed by atoms with E-state index in [1.165, 1.54) is 50.5 Å². The van der Waals surface area contributed by atoms with Gasteiger partial charge in [-0.2, -0.15) is 12.8 Å². The van der Waals surface area contributed by atoms with Crippen LogP contribution in [0.1, 0.15) is 64.9 Å². The van der Waals surface area contributed by atoms with Crippen molar-refractivity contribution in [1.29, 1.82) is 0 Å². The molecule has 26 heavy (non-hydrogen) atoms. The van der Waals surface area contributed by atoms with Crippen LogP contribution in [0.5, 0.6) is 0 Å². The Bertz CT molecular complexity index is 386. The summed E-state index contributed by atoms with van der Waals surface area (Å²) in [7, 11) is 0. The summed E-state index contributed by atoms with van der Waals surface area (Å²) >= 11 is 0. The molecule has 0 aromatic heterocycles. The Morgan fingerprint density at radius 1 is 1.00 bits per heavy atom. The molecule has 1 radical (unpaired) electrons. The zero-order valence-electron chi connectivity index (χ0n) is 17.7. The van der Waals surface area contributed by atoms with Crippen LogP contribution >= 0.6 is 0 Å². The molecule has 0 spiro atoms. The van der Waals surface area contributed by atoms with Gasteiger partial charge in [-0.25, -0.2) is 0 Å². The van der Waals surface area contributed by atoms with Crippen LogP contribution in [0.25, 0.3) is 0 Å². The van der Waals surface area contributed by atoms with E-state index in [0.717, 1.165) is 17.8 Å². The van der Waals surface area contributed by atoms with Crippen LogP contribution in [0.2, 0.25) is 0 Å². The van der Waals surface area contributed by atoms with Crippen molar-refractivity contribution >= 4 is 0 Å². The van der Waals surface area contributed by atoms with Gasteiger partial charge >= 0.3 is 36.5 Å². The molecule has 2 heteroatoms. The first-order valence-electron chi connectivity index (χ1n) is 9.67. The Labute approximate surface area is 188 Å². The van der Waals surface area contributed by atoms with Crippen molar-refractivity contribution in [2.24, 2.45) is 23.7 Å². The van der Waals surface area contributed by atoms with E-state index in [0.29, 0.717) is 5.92 Å². The molecule has 0 nitrogen and oxygen atoms in total. The molecule has 0 aliphatic heterocycles. The predicted octanol–water partition coefficient (Wildman–Crippen LogP) is 7.41. The molecule has 0 bridgehead atoms. The fourth-order valence-corrected chi connectivity index (χ4v) is 3.99. The van der Waals surface area contributed by atoms with Gasteiger partial charge in [0.15, 0.2) is 0 Å². The first kappa shape index (κ1) is 31.1.